The lowest BCUT2D eigenvalue weighted by Gasteiger charge is -2.40. The highest BCUT2D eigenvalue weighted by molar-refractivity contribution is 7.89. The van der Waals surface area contributed by atoms with E-state index in [0.29, 0.717) is 12.6 Å². The molecule has 0 bridgehead atoms. The first-order valence-corrected chi connectivity index (χ1v) is 17.4. The quantitative estimate of drug-likeness (QED) is 0.167. The molecule has 0 aliphatic carbocycles. The molecule has 1 heterocycles. The Morgan fingerprint density at radius 1 is 0.863 bits per heavy atom. The SMILES string of the molecule is COC(=O)NC(C(=O)Nc1cccc(F)c1CC[C@H]1CNC[C@H](C)N1S(=O)(=O)c1cccc(F)c1)C(c1ccc(F)cc1)c1cc(F)cc(F)c1. The highest BCUT2D eigenvalue weighted by atomic mass is 32.2. The zero-order chi connectivity index (χ0) is 36.9. The average molecular weight is 731 g/mol. The van der Waals surface area contributed by atoms with Crippen molar-refractivity contribution in [2.24, 2.45) is 0 Å². The summed E-state index contributed by atoms with van der Waals surface area (Å²) in [5.74, 6) is -6.23. The van der Waals surface area contributed by atoms with Crippen LogP contribution in [0, 0.1) is 29.1 Å². The number of carbonyl (C=O) groups is 2. The van der Waals surface area contributed by atoms with Crippen molar-refractivity contribution in [2.75, 3.05) is 25.5 Å². The number of sulfonamides is 1. The van der Waals surface area contributed by atoms with Crippen molar-refractivity contribution in [2.45, 2.75) is 48.7 Å². The van der Waals surface area contributed by atoms with E-state index in [1.807, 2.05) is 0 Å². The van der Waals surface area contributed by atoms with Gasteiger partial charge in [0.1, 0.15) is 35.1 Å². The van der Waals surface area contributed by atoms with Gasteiger partial charge in [0.15, 0.2) is 0 Å². The maximum absolute atomic E-state index is 15.5. The zero-order valence-electron chi connectivity index (χ0n) is 27.5. The molecule has 4 atom stereocenters. The van der Waals surface area contributed by atoms with Crippen molar-refractivity contribution < 1.29 is 44.7 Å². The molecule has 0 radical (unpaired) electrons. The molecule has 2 amide bonds. The lowest BCUT2D eigenvalue weighted by molar-refractivity contribution is -0.118. The molecule has 270 valence electrons. The maximum atomic E-state index is 15.5. The van der Waals surface area contributed by atoms with E-state index in [-0.39, 0.29) is 46.7 Å². The van der Waals surface area contributed by atoms with Crippen LogP contribution >= 0.6 is 0 Å². The summed E-state index contributed by atoms with van der Waals surface area (Å²) >= 11 is 0. The highest BCUT2D eigenvalue weighted by Gasteiger charge is 2.38. The minimum atomic E-state index is -4.16. The topological polar surface area (TPSA) is 117 Å². The Bertz CT molecular complexity index is 1980. The van der Waals surface area contributed by atoms with E-state index in [2.05, 4.69) is 16.0 Å². The van der Waals surface area contributed by atoms with E-state index in [1.54, 1.807) is 6.92 Å². The third kappa shape index (κ3) is 8.72. The van der Waals surface area contributed by atoms with Crippen molar-refractivity contribution >= 4 is 27.7 Å². The highest BCUT2D eigenvalue weighted by Crippen LogP contribution is 2.32. The van der Waals surface area contributed by atoms with Gasteiger partial charge in [-0.05, 0) is 85.5 Å². The van der Waals surface area contributed by atoms with Crippen LogP contribution in [0.4, 0.5) is 32.4 Å². The Balaban J connectivity index is 1.47. The van der Waals surface area contributed by atoms with Crippen LogP contribution in [0.5, 0.6) is 0 Å². The van der Waals surface area contributed by atoms with Crippen LogP contribution in [-0.2, 0) is 26.0 Å². The minimum absolute atomic E-state index is 0.0131. The number of anilines is 1. The number of ether oxygens (including phenoxy) is 1. The predicted octanol–water partition coefficient (Wildman–Crippen LogP) is 5.86. The van der Waals surface area contributed by atoms with Crippen LogP contribution < -0.4 is 16.0 Å². The van der Waals surface area contributed by atoms with E-state index in [9.17, 15) is 35.6 Å². The summed E-state index contributed by atoms with van der Waals surface area (Å²) in [6.45, 7) is 2.23. The number of methoxy groups -OCH3 is 1. The second-order valence-electron chi connectivity index (χ2n) is 12.1. The summed E-state index contributed by atoms with van der Waals surface area (Å²) in [5.41, 5.74) is 0.125. The van der Waals surface area contributed by atoms with E-state index in [1.165, 1.54) is 40.7 Å². The van der Waals surface area contributed by atoms with Crippen molar-refractivity contribution in [1.82, 2.24) is 14.9 Å². The van der Waals surface area contributed by atoms with Gasteiger partial charge in [-0.1, -0.05) is 24.3 Å². The molecule has 1 aliphatic rings. The molecule has 9 nitrogen and oxygen atoms in total. The molecule has 1 aliphatic heterocycles. The van der Waals surface area contributed by atoms with Gasteiger partial charge in [-0.25, -0.2) is 35.2 Å². The second kappa shape index (κ2) is 16.0. The van der Waals surface area contributed by atoms with Gasteiger partial charge in [0.05, 0.1) is 12.0 Å². The number of hydrogen-bond donors (Lipinski definition) is 3. The van der Waals surface area contributed by atoms with Gasteiger partial charge in [-0.2, -0.15) is 4.31 Å². The number of rotatable bonds is 11. The Kier molecular flexibility index (Phi) is 11.7. The number of nitrogens with zero attached hydrogens (tertiary/aromatic N) is 1. The molecule has 51 heavy (non-hydrogen) atoms. The summed E-state index contributed by atoms with van der Waals surface area (Å²) in [6.07, 6.45) is -1.06. The van der Waals surface area contributed by atoms with Gasteiger partial charge in [-0.3, -0.25) is 4.79 Å². The molecule has 1 saturated heterocycles. The number of halogens is 5. The predicted molar refractivity (Wildman–Crippen MR) is 179 cm³/mol. The maximum Gasteiger partial charge on any atom is 0.407 e. The molecule has 0 saturated carbocycles. The van der Waals surface area contributed by atoms with Gasteiger partial charge in [-0.15, -0.1) is 0 Å². The lowest BCUT2D eigenvalue weighted by Crippen LogP contribution is -2.58. The standard InChI is InChI=1S/C36H35F5N4O5S/c1-21-19-42-20-28(45(21)51(48,49)29-6-3-5-25(38)18-29)13-14-30-31(41)7-4-8-32(30)43-35(46)34(44-36(47)50-2)33(22-9-11-24(37)12-10-22)23-15-26(39)17-27(40)16-23/h3-12,15-18,21,28,33-34,42H,13-14,19-20H2,1-2H3,(H,43,46)(H,44,47)/t21-,28-,33?,34?/m0/s1. The number of hydrogen-bond acceptors (Lipinski definition) is 6. The summed E-state index contributed by atoms with van der Waals surface area (Å²) in [5, 5.41) is 8.17. The molecule has 15 heteroatoms. The molecule has 0 aromatic heterocycles. The average Bonchev–Trinajstić information content (AvgIpc) is 3.08. The van der Waals surface area contributed by atoms with Crippen LogP contribution in [0.25, 0.3) is 0 Å². The normalized spacial score (nSPS) is 17.7. The number of benzene rings is 4. The van der Waals surface area contributed by atoms with Gasteiger partial charge < -0.3 is 20.7 Å². The van der Waals surface area contributed by atoms with Crippen molar-refractivity contribution in [3.63, 3.8) is 0 Å². The van der Waals surface area contributed by atoms with E-state index >= 15 is 4.39 Å². The Hall–Kier alpha value is -4.86. The molecule has 5 rings (SSSR count). The van der Waals surface area contributed by atoms with E-state index in [4.69, 9.17) is 4.74 Å². The smallest absolute Gasteiger partial charge is 0.407 e. The summed E-state index contributed by atoms with van der Waals surface area (Å²) < 4.78 is 106. The number of nitrogens with one attached hydrogen (secondary N) is 3. The first-order chi connectivity index (χ1) is 24.3. The van der Waals surface area contributed by atoms with Crippen LogP contribution in [0.2, 0.25) is 0 Å². The summed E-state index contributed by atoms with van der Waals surface area (Å²) in [6, 6.07) is 13.0. The molecule has 2 unspecified atom stereocenters. The van der Waals surface area contributed by atoms with E-state index in [0.717, 1.165) is 49.6 Å². The summed E-state index contributed by atoms with van der Waals surface area (Å²) in [7, 11) is -3.12. The molecular formula is C36H35F5N4O5S. The van der Waals surface area contributed by atoms with Crippen molar-refractivity contribution in [1.29, 1.82) is 0 Å². The molecule has 4 aromatic rings. The first kappa shape index (κ1) is 37.4. The molecule has 1 fully saturated rings. The van der Waals surface area contributed by atoms with Crippen LogP contribution in [-0.4, -0.2) is 63.0 Å². The minimum Gasteiger partial charge on any atom is -0.453 e. The van der Waals surface area contributed by atoms with Crippen LogP contribution in [0.3, 0.4) is 0 Å². The van der Waals surface area contributed by atoms with Crippen molar-refractivity contribution in [3.05, 3.63) is 131 Å². The number of alkyl carbamates (subject to hydrolysis) is 1. The van der Waals surface area contributed by atoms with E-state index < -0.39 is 75.2 Å². The molecular weight excluding hydrogens is 695 g/mol. The van der Waals surface area contributed by atoms with Gasteiger partial charge >= 0.3 is 6.09 Å². The fraction of sp³-hybridized carbons (Fsp3) is 0.278. The first-order valence-electron chi connectivity index (χ1n) is 15.9. The molecule has 0 spiro atoms. The second-order valence-corrected chi connectivity index (χ2v) is 13.9. The summed E-state index contributed by atoms with van der Waals surface area (Å²) in [4.78, 5) is 26.4. The van der Waals surface area contributed by atoms with Crippen LogP contribution in [0.15, 0.2) is 89.8 Å². The number of carbonyl (C=O) groups excluding carboxylic acids is 2. The fourth-order valence-corrected chi connectivity index (χ4v) is 8.23. The Morgan fingerprint density at radius 3 is 2.22 bits per heavy atom. The largest absolute Gasteiger partial charge is 0.453 e. The number of amides is 2. The third-order valence-corrected chi connectivity index (χ3v) is 10.7. The number of piperazine rings is 1. The Labute approximate surface area is 291 Å². The third-order valence-electron chi connectivity index (χ3n) is 8.64. The van der Waals surface area contributed by atoms with Gasteiger partial charge in [0.2, 0.25) is 15.9 Å². The van der Waals surface area contributed by atoms with Gasteiger partial charge in [0, 0.05) is 48.4 Å². The monoisotopic (exact) mass is 730 g/mol. The molecule has 4 aromatic carbocycles. The van der Waals surface area contributed by atoms with Crippen LogP contribution in [0.1, 0.15) is 36.0 Å². The molecule has 3 N–H and O–H groups in total. The fourth-order valence-electron chi connectivity index (χ4n) is 6.35. The Morgan fingerprint density at radius 2 is 1.55 bits per heavy atom. The lowest BCUT2D eigenvalue weighted by atomic mass is 9.84. The van der Waals surface area contributed by atoms with Crippen molar-refractivity contribution in [3.8, 4) is 0 Å². The zero-order valence-corrected chi connectivity index (χ0v) is 28.3. The van der Waals surface area contributed by atoms with Gasteiger partial charge in [0.25, 0.3) is 0 Å².